The topological polar surface area (TPSA) is 81.4 Å². The summed E-state index contributed by atoms with van der Waals surface area (Å²) >= 11 is 1.46. The van der Waals surface area contributed by atoms with Crippen molar-refractivity contribution in [2.75, 3.05) is 12.0 Å². The summed E-state index contributed by atoms with van der Waals surface area (Å²) in [5.74, 6) is 1.78. The Morgan fingerprint density at radius 3 is 2.55 bits per heavy atom. The van der Waals surface area contributed by atoms with E-state index in [-0.39, 0.29) is 5.91 Å². The largest absolute Gasteiger partial charge is 0.497 e. The van der Waals surface area contributed by atoms with E-state index in [0.29, 0.717) is 36.1 Å². The predicted molar refractivity (Wildman–Crippen MR) is 120 cm³/mol. The molecule has 31 heavy (non-hydrogen) atoms. The summed E-state index contributed by atoms with van der Waals surface area (Å²) in [5, 5.41) is 6.66. The third kappa shape index (κ3) is 4.97. The number of hydrogen-bond acceptors (Lipinski definition) is 7. The summed E-state index contributed by atoms with van der Waals surface area (Å²) in [6.45, 7) is 1.92. The number of thiazole rings is 1. The highest BCUT2D eigenvalue weighted by Crippen LogP contribution is 2.29. The van der Waals surface area contributed by atoms with E-state index in [9.17, 15) is 4.79 Å². The molecule has 2 heterocycles. The molecule has 0 atom stereocenters. The molecule has 1 amide bonds. The Morgan fingerprint density at radius 1 is 1.10 bits per heavy atom. The van der Waals surface area contributed by atoms with Crippen molar-refractivity contribution < 1.29 is 14.1 Å². The standard InChI is InChI=1S/C23H22N4O3S/c1-16-15-31-23(24-16)27(18-7-4-3-5-8-18)21(28)10-6-9-20-25-22(26-30-20)17-11-13-19(29-2)14-12-17/h3-5,7-8,11-15H,6,9-10H2,1-2H3. The van der Waals surface area contributed by atoms with Crippen LogP contribution in [0.2, 0.25) is 0 Å². The Morgan fingerprint density at radius 2 is 1.87 bits per heavy atom. The van der Waals surface area contributed by atoms with Crippen LogP contribution in [0.5, 0.6) is 5.75 Å². The van der Waals surface area contributed by atoms with Gasteiger partial charge in [0, 0.05) is 23.8 Å². The van der Waals surface area contributed by atoms with Crippen LogP contribution in [0.1, 0.15) is 24.4 Å². The van der Waals surface area contributed by atoms with Gasteiger partial charge in [-0.1, -0.05) is 23.4 Å². The maximum Gasteiger partial charge on any atom is 0.233 e. The van der Waals surface area contributed by atoms with Crippen molar-refractivity contribution in [2.45, 2.75) is 26.2 Å². The van der Waals surface area contributed by atoms with Gasteiger partial charge in [-0.2, -0.15) is 4.98 Å². The highest BCUT2D eigenvalue weighted by molar-refractivity contribution is 7.14. The Labute approximate surface area is 184 Å². The number of amides is 1. The van der Waals surface area contributed by atoms with Gasteiger partial charge in [0.15, 0.2) is 5.13 Å². The monoisotopic (exact) mass is 434 g/mol. The summed E-state index contributed by atoms with van der Waals surface area (Å²) in [5.41, 5.74) is 2.55. The molecule has 0 spiro atoms. The molecule has 4 rings (SSSR count). The van der Waals surface area contributed by atoms with E-state index in [0.717, 1.165) is 22.7 Å². The number of anilines is 2. The maximum absolute atomic E-state index is 13.0. The molecule has 0 unspecified atom stereocenters. The highest BCUT2D eigenvalue weighted by atomic mass is 32.1. The summed E-state index contributed by atoms with van der Waals surface area (Å²) in [7, 11) is 1.62. The lowest BCUT2D eigenvalue weighted by Gasteiger charge is -2.19. The van der Waals surface area contributed by atoms with Crippen LogP contribution < -0.4 is 9.64 Å². The third-order valence-electron chi connectivity index (χ3n) is 4.66. The first kappa shape index (κ1) is 20.7. The zero-order valence-electron chi connectivity index (χ0n) is 17.3. The smallest absolute Gasteiger partial charge is 0.233 e. The third-order valence-corrected chi connectivity index (χ3v) is 5.60. The van der Waals surface area contributed by atoms with Crippen LogP contribution in [0.4, 0.5) is 10.8 Å². The second kappa shape index (κ2) is 9.53. The van der Waals surface area contributed by atoms with Gasteiger partial charge in [0.05, 0.1) is 18.5 Å². The van der Waals surface area contributed by atoms with Gasteiger partial charge in [-0.3, -0.25) is 9.69 Å². The number of aromatic nitrogens is 3. The molecule has 0 radical (unpaired) electrons. The van der Waals surface area contributed by atoms with Gasteiger partial charge >= 0.3 is 0 Å². The van der Waals surface area contributed by atoms with Gasteiger partial charge in [0.2, 0.25) is 17.6 Å². The Hall–Kier alpha value is -3.52. The van der Waals surface area contributed by atoms with Gasteiger partial charge in [-0.05, 0) is 49.7 Å². The molecule has 0 aliphatic carbocycles. The van der Waals surface area contributed by atoms with E-state index in [4.69, 9.17) is 9.26 Å². The molecule has 0 bridgehead atoms. The molecular weight excluding hydrogens is 412 g/mol. The minimum Gasteiger partial charge on any atom is -0.497 e. The van der Waals surface area contributed by atoms with E-state index < -0.39 is 0 Å². The number of benzene rings is 2. The van der Waals surface area contributed by atoms with Gasteiger partial charge in [0.1, 0.15) is 5.75 Å². The summed E-state index contributed by atoms with van der Waals surface area (Å²) in [6, 6.07) is 17.0. The van der Waals surface area contributed by atoms with Crippen LogP contribution in [0.15, 0.2) is 64.5 Å². The average Bonchev–Trinajstić information content (AvgIpc) is 3.44. The first-order valence-corrected chi connectivity index (χ1v) is 10.8. The molecule has 8 heteroatoms. The molecule has 158 valence electrons. The van der Waals surface area contributed by atoms with Crippen LogP contribution in [-0.4, -0.2) is 28.1 Å². The molecule has 2 aromatic heterocycles. The van der Waals surface area contributed by atoms with E-state index >= 15 is 0 Å². The van der Waals surface area contributed by atoms with E-state index in [1.54, 1.807) is 12.0 Å². The van der Waals surface area contributed by atoms with E-state index in [1.807, 2.05) is 66.9 Å². The number of carbonyl (C=O) groups is 1. The second-order valence-corrected chi connectivity index (χ2v) is 7.77. The Bertz CT molecular complexity index is 1140. The Kier molecular flexibility index (Phi) is 6.37. The molecule has 2 aromatic carbocycles. The number of rotatable bonds is 8. The van der Waals surface area contributed by atoms with Gasteiger partial charge in [-0.15, -0.1) is 11.3 Å². The normalized spacial score (nSPS) is 10.8. The van der Waals surface area contributed by atoms with Crippen molar-refractivity contribution in [1.29, 1.82) is 0 Å². The summed E-state index contributed by atoms with van der Waals surface area (Å²) in [4.78, 5) is 23.7. The molecule has 0 aliphatic heterocycles. The van der Waals surface area contributed by atoms with Gasteiger partial charge < -0.3 is 9.26 Å². The molecule has 0 saturated carbocycles. The molecule has 0 N–H and O–H groups in total. The second-order valence-electron chi connectivity index (χ2n) is 6.93. The van der Waals surface area contributed by atoms with Crippen LogP contribution in [-0.2, 0) is 11.2 Å². The molecule has 0 fully saturated rings. The first-order valence-electron chi connectivity index (χ1n) is 9.91. The number of nitrogens with zero attached hydrogens (tertiary/aromatic N) is 4. The van der Waals surface area contributed by atoms with Crippen LogP contribution >= 0.6 is 11.3 Å². The van der Waals surface area contributed by atoms with Gasteiger partial charge in [-0.25, -0.2) is 4.98 Å². The van der Waals surface area contributed by atoms with Crippen LogP contribution in [0.3, 0.4) is 0 Å². The quantitative estimate of drug-likeness (QED) is 0.379. The number of hydrogen-bond donors (Lipinski definition) is 0. The number of aryl methyl sites for hydroxylation is 2. The van der Waals surface area contributed by atoms with Crippen molar-refractivity contribution in [3.63, 3.8) is 0 Å². The molecule has 4 aromatic rings. The number of carbonyl (C=O) groups excluding carboxylic acids is 1. The fourth-order valence-corrected chi connectivity index (χ4v) is 3.94. The molecule has 0 saturated heterocycles. The maximum atomic E-state index is 13.0. The number of para-hydroxylation sites is 1. The Balaban J connectivity index is 1.40. The summed E-state index contributed by atoms with van der Waals surface area (Å²) in [6.07, 6.45) is 1.46. The molecule has 0 aliphatic rings. The van der Waals surface area contributed by atoms with Crippen molar-refractivity contribution in [2.24, 2.45) is 0 Å². The SMILES string of the molecule is COc1ccc(-c2noc(CCCC(=O)N(c3ccccc3)c3nc(C)cs3)n2)cc1. The zero-order valence-corrected chi connectivity index (χ0v) is 18.1. The van der Waals surface area contributed by atoms with Crippen LogP contribution in [0.25, 0.3) is 11.4 Å². The first-order chi connectivity index (χ1) is 15.1. The minimum atomic E-state index is -0.0181. The lowest BCUT2D eigenvalue weighted by molar-refractivity contribution is -0.118. The predicted octanol–water partition coefficient (Wildman–Crippen LogP) is 5.20. The number of methoxy groups -OCH3 is 1. The summed E-state index contributed by atoms with van der Waals surface area (Å²) < 4.78 is 10.5. The lowest BCUT2D eigenvalue weighted by atomic mass is 10.2. The fraction of sp³-hybridized carbons (Fsp3) is 0.217. The fourth-order valence-electron chi connectivity index (χ4n) is 3.10. The van der Waals surface area contributed by atoms with Crippen molar-refractivity contribution in [1.82, 2.24) is 15.1 Å². The van der Waals surface area contributed by atoms with Crippen LogP contribution in [0, 0.1) is 6.92 Å². The van der Waals surface area contributed by atoms with E-state index in [2.05, 4.69) is 15.1 Å². The average molecular weight is 435 g/mol. The number of ether oxygens (including phenoxy) is 1. The minimum absolute atomic E-state index is 0.0181. The molecular formula is C23H22N4O3S. The lowest BCUT2D eigenvalue weighted by Crippen LogP contribution is -2.25. The van der Waals surface area contributed by atoms with Crippen molar-refractivity contribution >= 4 is 28.1 Å². The van der Waals surface area contributed by atoms with E-state index in [1.165, 1.54) is 11.3 Å². The van der Waals surface area contributed by atoms with Gasteiger partial charge in [0.25, 0.3) is 0 Å². The highest BCUT2D eigenvalue weighted by Gasteiger charge is 2.21. The van der Waals surface area contributed by atoms with Crippen molar-refractivity contribution in [3.8, 4) is 17.1 Å². The van der Waals surface area contributed by atoms with Crippen molar-refractivity contribution in [3.05, 3.63) is 71.6 Å². The molecule has 7 nitrogen and oxygen atoms in total. The zero-order chi connectivity index (χ0) is 21.6.